The van der Waals surface area contributed by atoms with Gasteiger partial charge in [-0.1, -0.05) is 39.0 Å². The lowest BCUT2D eigenvalue weighted by Gasteiger charge is -1.97. The summed E-state index contributed by atoms with van der Waals surface area (Å²) in [7, 11) is 0. The Labute approximate surface area is 84.3 Å². The van der Waals surface area contributed by atoms with Crippen molar-refractivity contribution in [3.63, 3.8) is 0 Å². The van der Waals surface area contributed by atoms with Crippen molar-refractivity contribution < 1.29 is 8.78 Å². The van der Waals surface area contributed by atoms with Crippen LogP contribution < -0.4 is 0 Å². The molecule has 0 unspecified atom stereocenters. The Balaban J connectivity index is 0.000000791. The second kappa shape index (κ2) is 7.25. The molecule has 0 aliphatic heterocycles. The average molecular weight is 198 g/mol. The van der Waals surface area contributed by atoms with Crippen LogP contribution in [-0.2, 0) is 0 Å². The van der Waals surface area contributed by atoms with Gasteiger partial charge in [-0.15, -0.1) is 0 Å². The minimum Gasteiger partial charge on any atom is -0.206 e. The molecule has 0 radical (unpaired) electrons. The van der Waals surface area contributed by atoms with E-state index >= 15 is 0 Å². The van der Waals surface area contributed by atoms with Crippen molar-refractivity contribution in [1.29, 1.82) is 0 Å². The Bertz CT molecular complexity index is 270. The monoisotopic (exact) mass is 198 g/mol. The van der Waals surface area contributed by atoms with E-state index in [1.165, 1.54) is 24.3 Å². The van der Waals surface area contributed by atoms with Crippen LogP contribution in [0, 0.1) is 11.6 Å². The maximum absolute atomic E-state index is 12.9. The summed E-state index contributed by atoms with van der Waals surface area (Å²) in [6.45, 7) is 5.91. The molecule has 0 fully saturated rings. The molecule has 1 rings (SSSR count). The fourth-order valence-corrected chi connectivity index (χ4v) is 0.906. The first-order valence-electron chi connectivity index (χ1n) is 4.86. The molecule has 0 aliphatic carbocycles. The molecule has 0 saturated carbocycles. The number of allylic oxidation sites excluding steroid dienone is 1. The van der Waals surface area contributed by atoms with E-state index in [0.717, 1.165) is 6.42 Å². The Morgan fingerprint density at radius 3 is 2.07 bits per heavy atom. The van der Waals surface area contributed by atoms with Gasteiger partial charge in [0, 0.05) is 5.56 Å². The van der Waals surface area contributed by atoms with Gasteiger partial charge >= 0.3 is 0 Å². The predicted molar refractivity (Wildman–Crippen MR) is 57.0 cm³/mol. The fraction of sp³-hybridized carbons (Fsp3) is 0.333. The van der Waals surface area contributed by atoms with Crippen molar-refractivity contribution in [2.24, 2.45) is 0 Å². The van der Waals surface area contributed by atoms with Gasteiger partial charge in [-0.05, 0) is 18.6 Å². The molecule has 1 aromatic rings. The van der Waals surface area contributed by atoms with Gasteiger partial charge in [0.1, 0.15) is 11.6 Å². The highest BCUT2D eigenvalue weighted by Crippen LogP contribution is 2.13. The molecular weight excluding hydrogens is 182 g/mol. The van der Waals surface area contributed by atoms with E-state index in [2.05, 4.69) is 0 Å². The van der Waals surface area contributed by atoms with Gasteiger partial charge in [-0.25, -0.2) is 8.78 Å². The molecule has 0 amide bonds. The molecule has 0 saturated heterocycles. The smallest absolute Gasteiger partial charge is 0.133 e. The lowest BCUT2D eigenvalue weighted by Crippen LogP contribution is -1.86. The van der Waals surface area contributed by atoms with Crippen molar-refractivity contribution in [2.45, 2.75) is 27.2 Å². The highest BCUT2D eigenvalue weighted by Gasteiger charge is 2.02. The molecule has 2 heteroatoms. The van der Waals surface area contributed by atoms with Crippen molar-refractivity contribution in [2.75, 3.05) is 0 Å². The third kappa shape index (κ3) is 3.69. The van der Waals surface area contributed by atoms with Crippen LogP contribution in [0.15, 0.2) is 24.3 Å². The van der Waals surface area contributed by atoms with E-state index in [4.69, 9.17) is 0 Å². The van der Waals surface area contributed by atoms with Crippen LogP contribution in [-0.4, -0.2) is 0 Å². The Hall–Kier alpha value is -1.18. The van der Waals surface area contributed by atoms with Crippen LogP contribution in [0.4, 0.5) is 8.78 Å². The van der Waals surface area contributed by atoms with Gasteiger partial charge in [-0.3, -0.25) is 0 Å². The zero-order valence-electron chi connectivity index (χ0n) is 8.85. The second-order valence-corrected chi connectivity index (χ2v) is 2.45. The molecule has 1 aromatic carbocycles. The summed E-state index contributed by atoms with van der Waals surface area (Å²) in [5.41, 5.74) is 0.0411. The van der Waals surface area contributed by atoms with E-state index in [9.17, 15) is 8.78 Å². The maximum Gasteiger partial charge on any atom is 0.133 e. The quantitative estimate of drug-likeness (QED) is 0.660. The number of hydrogen-bond acceptors (Lipinski definition) is 0. The summed E-state index contributed by atoms with van der Waals surface area (Å²) in [5, 5.41) is 0. The van der Waals surface area contributed by atoms with Crippen LogP contribution in [0.1, 0.15) is 32.8 Å². The fourth-order valence-electron chi connectivity index (χ4n) is 0.906. The molecule has 0 bridgehead atoms. The third-order valence-corrected chi connectivity index (χ3v) is 1.52. The van der Waals surface area contributed by atoms with Crippen LogP contribution in [0.3, 0.4) is 0 Å². The van der Waals surface area contributed by atoms with Crippen molar-refractivity contribution in [1.82, 2.24) is 0 Å². The lowest BCUT2D eigenvalue weighted by atomic mass is 10.2. The highest BCUT2D eigenvalue weighted by molar-refractivity contribution is 5.50. The predicted octanol–water partition coefficient (Wildman–Crippen LogP) is 4.41. The zero-order valence-corrected chi connectivity index (χ0v) is 8.85. The number of rotatable bonds is 2. The van der Waals surface area contributed by atoms with Gasteiger partial charge in [0.15, 0.2) is 0 Å². The minimum absolute atomic E-state index is 0.0411. The summed E-state index contributed by atoms with van der Waals surface area (Å²) < 4.78 is 25.8. The maximum atomic E-state index is 12.9. The first-order valence-corrected chi connectivity index (χ1v) is 4.86. The van der Waals surface area contributed by atoms with Crippen LogP contribution in [0.5, 0.6) is 0 Å². The van der Waals surface area contributed by atoms with Gasteiger partial charge in [0.05, 0.1) is 0 Å². The second-order valence-electron chi connectivity index (χ2n) is 2.45. The van der Waals surface area contributed by atoms with Crippen molar-refractivity contribution >= 4 is 6.08 Å². The Kier molecular flexibility index (Phi) is 6.63. The van der Waals surface area contributed by atoms with Gasteiger partial charge in [0.2, 0.25) is 0 Å². The summed E-state index contributed by atoms with van der Waals surface area (Å²) in [4.78, 5) is 0. The van der Waals surface area contributed by atoms with Crippen molar-refractivity contribution in [3.05, 3.63) is 41.5 Å². The minimum atomic E-state index is -0.514. The highest BCUT2D eigenvalue weighted by atomic mass is 19.1. The van der Waals surface area contributed by atoms with Gasteiger partial charge in [-0.2, -0.15) is 0 Å². The molecular formula is C12H16F2. The van der Waals surface area contributed by atoms with E-state index in [-0.39, 0.29) is 5.56 Å². The van der Waals surface area contributed by atoms with E-state index in [1.54, 1.807) is 6.08 Å². The average Bonchev–Trinajstić information content (AvgIpc) is 2.20. The molecule has 0 aliphatic rings. The zero-order chi connectivity index (χ0) is 11.0. The summed E-state index contributed by atoms with van der Waals surface area (Å²) in [5.74, 6) is -1.03. The molecule has 0 atom stereocenters. The molecule has 0 nitrogen and oxygen atoms in total. The Morgan fingerprint density at radius 1 is 1.14 bits per heavy atom. The van der Waals surface area contributed by atoms with E-state index < -0.39 is 11.6 Å². The van der Waals surface area contributed by atoms with Crippen LogP contribution in [0.2, 0.25) is 0 Å². The topological polar surface area (TPSA) is 0 Å². The number of hydrogen-bond donors (Lipinski definition) is 0. The van der Waals surface area contributed by atoms with E-state index in [1.807, 2.05) is 20.8 Å². The van der Waals surface area contributed by atoms with E-state index in [0.29, 0.717) is 0 Å². The molecule has 0 N–H and O–H groups in total. The molecule has 0 heterocycles. The normalized spacial score (nSPS) is 9.79. The van der Waals surface area contributed by atoms with Crippen LogP contribution in [0.25, 0.3) is 6.08 Å². The summed E-state index contributed by atoms with van der Waals surface area (Å²) in [6.07, 6.45) is 3.96. The first-order chi connectivity index (χ1) is 6.75. The molecule has 0 aromatic heterocycles. The lowest BCUT2D eigenvalue weighted by molar-refractivity contribution is 0.578. The number of benzene rings is 1. The SMILES string of the molecule is CC.CC/C=C\c1c(F)cccc1F. The third-order valence-electron chi connectivity index (χ3n) is 1.52. The Morgan fingerprint density at radius 2 is 1.64 bits per heavy atom. The van der Waals surface area contributed by atoms with Crippen LogP contribution >= 0.6 is 0 Å². The molecule has 0 spiro atoms. The summed E-state index contributed by atoms with van der Waals surface area (Å²) >= 11 is 0. The molecule has 78 valence electrons. The molecule has 14 heavy (non-hydrogen) atoms. The van der Waals surface area contributed by atoms with Gasteiger partial charge < -0.3 is 0 Å². The standard InChI is InChI=1S/C10H10F2.C2H6/c1-2-3-5-8-9(11)6-4-7-10(8)12;1-2/h3-7H,2H2,1H3;1-2H3/b5-3-;. The van der Waals surface area contributed by atoms with Gasteiger partial charge in [0.25, 0.3) is 0 Å². The summed E-state index contributed by atoms with van der Waals surface area (Å²) in [6, 6.07) is 3.85. The largest absolute Gasteiger partial charge is 0.206 e. The first kappa shape index (κ1) is 12.8. The number of halogens is 2. The van der Waals surface area contributed by atoms with Crippen molar-refractivity contribution in [3.8, 4) is 0 Å².